The second-order valence-electron chi connectivity index (χ2n) is 16.1. The molecule has 0 amide bonds. The van der Waals surface area contributed by atoms with Crippen LogP contribution < -0.4 is 0 Å². The highest BCUT2D eigenvalue weighted by Crippen LogP contribution is 2.70. The Morgan fingerprint density at radius 3 is 2.37 bits per heavy atom. The molecular weight excluding hydrogens is 644 g/mol. The lowest BCUT2D eigenvalue weighted by atomic mass is 9.41. The van der Waals surface area contributed by atoms with Crippen molar-refractivity contribution < 1.29 is 69.0 Å². The summed E-state index contributed by atoms with van der Waals surface area (Å²) in [6.07, 6.45) is -4.38. The highest BCUT2D eigenvalue weighted by molar-refractivity contribution is 5.85. The van der Waals surface area contributed by atoms with Crippen molar-refractivity contribution in [2.24, 2.45) is 28.6 Å². The van der Waals surface area contributed by atoms with Gasteiger partial charge in [-0.1, -0.05) is 6.92 Å². The monoisotopic (exact) mass is 696 g/mol. The first-order chi connectivity index (χ1) is 23.2. The van der Waals surface area contributed by atoms with E-state index < -0.39 is 90.1 Å². The van der Waals surface area contributed by atoms with Crippen LogP contribution in [0.25, 0.3) is 0 Å². The number of aldehydes is 1. The van der Waals surface area contributed by atoms with E-state index in [-0.39, 0.29) is 43.2 Å². The zero-order chi connectivity index (χ0) is 35.1. The molecule has 14 nitrogen and oxygen atoms in total. The number of fused-ring (bicyclic) bond motifs is 5. The van der Waals surface area contributed by atoms with Gasteiger partial charge in [0.2, 0.25) is 0 Å². The predicted octanol–water partition coefficient (Wildman–Crippen LogP) is -0.397. The van der Waals surface area contributed by atoms with E-state index >= 15 is 0 Å². The van der Waals surface area contributed by atoms with E-state index in [1.165, 1.54) is 0 Å². The summed E-state index contributed by atoms with van der Waals surface area (Å²) in [7, 11) is 0. The first-order valence-corrected chi connectivity index (χ1v) is 17.9. The number of ether oxygens (including phenoxy) is 5. The SMILES string of the molecule is C[C@@H]1O[C@H](O[C@H]2CC[C@]3(C=O)[C@@H]4CC[C@]5(C)[C@H](C6=CC(=O)OC6)CC[C@@]5(O)[C@@H]4CC[C@@]3(O)C2)C[C@H](O)[C@H]1O[C@@H]1O[C@H](CO)[C@@H](O)[C@H](O)[C@@H]1O. The molecule has 3 heterocycles. The molecule has 7 N–H and O–H groups in total. The maximum Gasteiger partial charge on any atom is 0.331 e. The van der Waals surface area contributed by atoms with Gasteiger partial charge in [0.15, 0.2) is 12.6 Å². The molecule has 6 fully saturated rings. The first-order valence-electron chi connectivity index (χ1n) is 17.9. The van der Waals surface area contributed by atoms with Crippen molar-refractivity contribution in [1.82, 2.24) is 0 Å². The molecule has 14 heteroatoms. The fraction of sp³-hybridized carbons (Fsp3) is 0.886. The van der Waals surface area contributed by atoms with Gasteiger partial charge in [0.1, 0.15) is 43.4 Å². The van der Waals surface area contributed by atoms with Crippen LogP contribution in [0.5, 0.6) is 0 Å². The standard InChI is InChI=1S/C35H52O14/c1-17-30(49-31-29(42)28(41)27(40)24(14-36)48-31)23(38)12-26(46-17)47-19-3-8-33(16-37)21-4-7-32(2)20(18-11-25(39)45-15-18)6-10-35(32,44)22(21)5-9-34(33,43)13-19/h11,16-17,19-24,26-31,36,38,40-44H,3-10,12-15H2,1-2H3/t17-,19-,20-,21+,22+,23-,24+,26+,27+,28-,29-,30-,31-,32+,33-,34+,35+/m0/s1. The average molecular weight is 697 g/mol. The molecule has 4 saturated carbocycles. The van der Waals surface area contributed by atoms with Crippen LogP contribution in [-0.4, -0.2) is 134 Å². The van der Waals surface area contributed by atoms with Crippen LogP contribution >= 0.6 is 0 Å². The minimum atomic E-state index is -1.62. The fourth-order valence-corrected chi connectivity index (χ4v) is 11.3. The summed E-state index contributed by atoms with van der Waals surface area (Å²) < 4.78 is 28.9. The number of esters is 1. The lowest BCUT2D eigenvalue weighted by Crippen LogP contribution is -2.69. The van der Waals surface area contributed by atoms with Gasteiger partial charge in [-0.25, -0.2) is 4.79 Å². The number of aliphatic hydroxyl groups is 7. The van der Waals surface area contributed by atoms with E-state index in [1.54, 1.807) is 13.0 Å². The number of hydrogen-bond acceptors (Lipinski definition) is 14. The molecule has 0 spiro atoms. The Balaban J connectivity index is 1.00. The second-order valence-corrected chi connectivity index (χ2v) is 16.1. The smallest absolute Gasteiger partial charge is 0.331 e. The molecule has 7 aliphatic rings. The Morgan fingerprint density at radius 1 is 0.939 bits per heavy atom. The Morgan fingerprint density at radius 2 is 1.69 bits per heavy atom. The van der Waals surface area contributed by atoms with E-state index in [1.807, 2.05) is 0 Å². The van der Waals surface area contributed by atoms with Crippen molar-refractivity contribution in [2.75, 3.05) is 13.2 Å². The molecule has 2 saturated heterocycles. The van der Waals surface area contributed by atoms with Gasteiger partial charge in [0.25, 0.3) is 0 Å². The third kappa shape index (κ3) is 5.47. The molecule has 3 aliphatic heterocycles. The van der Waals surface area contributed by atoms with Gasteiger partial charge in [-0.2, -0.15) is 0 Å². The second kappa shape index (κ2) is 12.8. The molecule has 0 aromatic carbocycles. The van der Waals surface area contributed by atoms with Gasteiger partial charge in [-0.3, -0.25) is 0 Å². The number of carbonyl (C=O) groups excluding carboxylic acids is 2. The predicted molar refractivity (Wildman–Crippen MR) is 166 cm³/mol. The summed E-state index contributed by atoms with van der Waals surface area (Å²) in [5.41, 5.74) is -2.94. The van der Waals surface area contributed by atoms with E-state index in [9.17, 15) is 45.3 Å². The topological polar surface area (TPSA) is 222 Å². The lowest BCUT2D eigenvalue weighted by Gasteiger charge is -2.65. The maximum absolute atomic E-state index is 13.2. The molecule has 0 radical (unpaired) electrons. The van der Waals surface area contributed by atoms with Gasteiger partial charge in [-0.05, 0) is 81.6 Å². The maximum atomic E-state index is 13.2. The van der Waals surface area contributed by atoms with Gasteiger partial charge in [0.05, 0.1) is 41.5 Å². The summed E-state index contributed by atoms with van der Waals surface area (Å²) in [5.74, 6) is -0.688. The van der Waals surface area contributed by atoms with Gasteiger partial charge in [0, 0.05) is 24.3 Å². The third-order valence-corrected chi connectivity index (χ3v) is 14.0. The van der Waals surface area contributed by atoms with E-state index in [4.69, 9.17) is 23.7 Å². The zero-order valence-electron chi connectivity index (χ0n) is 28.1. The Labute approximate surface area is 285 Å². The van der Waals surface area contributed by atoms with Crippen LogP contribution in [0.15, 0.2) is 11.6 Å². The zero-order valence-corrected chi connectivity index (χ0v) is 28.1. The van der Waals surface area contributed by atoms with Crippen LogP contribution in [0.4, 0.5) is 0 Å². The fourth-order valence-electron chi connectivity index (χ4n) is 11.3. The van der Waals surface area contributed by atoms with Crippen LogP contribution in [-0.2, 0) is 33.3 Å². The van der Waals surface area contributed by atoms with Crippen LogP contribution in [0.1, 0.15) is 78.1 Å². The van der Waals surface area contributed by atoms with Crippen LogP contribution in [0.3, 0.4) is 0 Å². The molecule has 4 aliphatic carbocycles. The van der Waals surface area contributed by atoms with Gasteiger partial charge < -0.3 is 64.2 Å². The molecule has 0 unspecified atom stereocenters. The summed E-state index contributed by atoms with van der Waals surface area (Å²) in [4.78, 5) is 25.0. The average Bonchev–Trinajstić information content (AvgIpc) is 3.61. The molecule has 0 bridgehead atoms. The van der Waals surface area contributed by atoms with Crippen LogP contribution in [0, 0.1) is 28.6 Å². The van der Waals surface area contributed by atoms with Gasteiger partial charge >= 0.3 is 5.97 Å². The largest absolute Gasteiger partial charge is 0.458 e. The number of cyclic esters (lactones) is 1. The third-order valence-electron chi connectivity index (χ3n) is 14.0. The van der Waals surface area contributed by atoms with Crippen LogP contribution in [0.2, 0.25) is 0 Å². The quantitative estimate of drug-likeness (QED) is 0.102. The number of hydrogen-bond donors (Lipinski definition) is 7. The highest BCUT2D eigenvalue weighted by atomic mass is 16.7. The summed E-state index contributed by atoms with van der Waals surface area (Å²) >= 11 is 0. The van der Waals surface area contributed by atoms with E-state index in [0.29, 0.717) is 44.9 Å². The van der Waals surface area contributed by atoms with Crippen molar-refractivity contribution in [3.63, 3.8) is 0 Å². The Bertz CT molecular complexity index is 1300. The number of aliphatic hydroxyl groups excluding tert-OH is 5. The summed E-state index contributed by atoms with van der Waals surface area (Å²) in [6, 6.07) is 0. The lowest BCUT2D eigenvalue weighted by molar-refractivity contribution is -0.345. The summed E-state index contributed by atoms with van der Waals surface area (Å²) in [6.45, 7) is 3.42. The molecule has 276 valence electrons. The molecular formula is C35H52O14. The Hall–Kier alpha value is -1.56. The van der Waals surface area contributed by atoms with Crippen molar-refractivity contribution in [1.29, 1.82) is 0 Å². The normalized spacial score (nSPS) is 54.3. The van der Waals surface area contributed by atoms with E-state index in [2.05, 4.69) is 6.92 Å². The molecule has 7 rings (SSSR count). The highest BCUT2D eigenvalue weighted by Gasteiger charge is 2.71. The minimum Gasteiger partial charge on any atom is -0.458 e. The minimum absolute atomic E-state index is 0.00470. The molecule has 0 aromatic heterocycles. The van der Waals surface area contributed by atoms with Crippen molar-refractivity contribution >= 4 is 12.3 Å². The van der Waals surface area contributed by atoms with Crippen molar-refractivity contribution in [3.8, 4) is 0 Å². The van der Waals surface area contributed by atoms with Crippen molar-refractivity contribution in [2.45, 2.75) is 151 Å². The Kier molecular flexibility index (Phi) is 9.38. The number of carbonyl (C=O) groups is 2. The van der Waals surface area contributed by atoms with E-state index in [0.717, 1.165) is 18.3 Å². The van der Waals surface area contributed by atoms with Crippen molar-refractivity contribution in [3.05, 3.63) is 11.6 Å². The first kappa shape index (κ1) is 35.8. The number of rotatable bonds is 7. The molecule has 49 heavy (non-hydrogen) atoms. The molecule has 17 atom stereocenters. The van der Waals surface area contributed by atoms with Gasteiger partial charge in [-0.15, -0.1) is 0 Å². The molecule has 0 aromatic rings. The summed E-state index contributed by atoms with van der Waals surface area (Å²) in [5, 5.41) is 75.9.